The number of carbonyl (C=O) groups excluding carboxylic acids is 2. The minimum absolute atomic E-state index is 0.0562. The minimum atomic E-state index is 0.0562. The smallest absolute Gasteiger partial charge is 0.241 e. The summed E-state index contributed by atoms with van der Waals surface area (Å²) in [5.41, 5.74) is 0.935. The predicted octanol–water partition coefficient (Wildman–Crippen LogP) is 1.48. The largest absolute Gasteiger partial charge is 0.362 e. The maximum Gasteiger partial charge on any atom is 0.241 e. The number of aldehydes is 1. The van der Waals surface area contributed by atoms with Crippen molar-refractivity contribution in [2.45, 2.75) is 6.92 Å². The second kappa shape index (κ2) is 5.65. The fraction of sp³-hybridized carbons (Fsp3) is 0.455. The van der Waals surface area contributed by atoms with E-state index in [2.05, 4.69) is 0 Å². The van der Waals surface area contributed by atoms with Crippen molar-refractivity contribution in [1.29, 1.82) is 0 Å². The van der Waals surface area contributed by atoms with E-state index in [0.717, 1.165) is 18.5 Å². The van der Waals surface area contributed by atoms with Crippen LogP contribution < -0.4 is 4.90 Å². The zero-order chi connectivity index (χ0) is 12.1. The van der Waals surface area contributed by atoms with E-state index in [1.165, 1.54) is 11.3 Å². The molecule has 0 bridgehead atoms. The summed E-state index contributed by atoms with van der Waals surface area (Å²) in [7, 11) is 3.47. The van der Waals surface area contributed by atoms with Gasteiger partial charge in [-0.25, -0.2) is 0 Å². The molecule has 1 aromatic rings. The van der Waals surface area contributed by atoms with Crippen LogP contribution in [0.15, 0.2) is 11.4 Å². The highest BCUT2D eigenvalue weighted by Crippen LogP contribution is 2.21. The molecule has 0 spiro atoms. The van der Waals surface area contributed by atoms with Crippen molar-refractivity contribution in [3.63, 3.8) is 0 Å². The number of carbonyl (C=O) groups is 2. The zero-order valence-electron chi connectivity index (χ0n) is 9.77. The number of amides is 1. The Balaban J connectivity index is 2.74. The molecule has 4 nitrogen and oxygen atoms in total. The lowest BCUT2D eigenvalue weighted by atomic mass is 10.3. The lowest BCUT2D eigenvalue weighted by Crippen LogP contribution is -2.36. The molecule has 1 rings (SSSR count). The third-order valence-corrected chi connectivity index (χ3v) is 3.14. The van der Waals surface area contributed by atoms with Gasteiger partial charge in [-0.05, 0) is 13.0 Å². The number of likely N-dealkylation sites (N-methyl/N-ethyl adjacent to an activating group) is 2. The first-order valence-electron chi connectivity index (χ1n) is 5.07. The Morgan fingerprint density at radius 2 is 2.19 bits per heavy atom. The van der Waals surface area contributed by atoms with E-state index in [0.29, 0.717) is 11.4 Å². The van der Waals surface area contributed by atoms with E-state index in [1.807, 2.05) is 23.3 Å². The van der Waals surface area contributed by atoms with Gasteiger partial charge in [-0.1, -0.05) is 0 Å². The van der Waals surface area contributed by atoms with Gasteiger partial charge in [0.1, 0.15) is 0 Å². The Hall–Kier alpha value is -1.36. The molecule has 0 saturated carbocycles. The van der Waals surface area contributed by atoms with Crippen molar-refractivity contribution in [2.75, 3.05) is 32.1 Å². The number of hydrogen-bond acceptors (Lipinski definition) is 4. The van der Waals surface area contributed by atoms with Crippen molar-refractivity contribution < 1.29 is 9.59 Å². The van der Waals surface area contributed by atoms with E-state index >= 15 is 0 Å². The first-order chi connectivity index (χ1) is 7.58. The summed E-state index contributed by atoms with van der Waals surface area (Å²) in [5.74, 6) is 0.0562. The second-order valence-corrected chi connectivity index (χ2v) is 4.57. The van der Waals surface area contributed by atoms with E-state index < -0.39 is 0 Å². The van der Waals surface area contributed by atoms with Gasteiger partial charge >= 0.3 is 0 Å². The van der Waals surface area contributed by atoms with E-state index in [-0.39, 0.29) is 5.91 Å². The number of nitrogens with zero attached hydrogens (tertiary/aromatic N) is 2. The Morgan fingerprint density at radius 1 is 1.50 bits per heavy atom. The molecule has 0 aromatic carbocycles. The third kappa shape index (κ3) is 3.06. The van der Waals surface area contributed by atoms with Gasteiger partial charge in [-0.3, -0.25) is 9.59 Å². The predicted molar refractivity (Wildman–Crippen MR) is 66.3 cm³/mol. The van der Waals surface area contributed by atoms with Gasteiger partial charge in [0.25, 0.3) is 0 Å². The molecular formula is C11H16N2O2S. The molecular weight excluding hydrogens is 224 g/mol. The average Bonchev–Trinajstić information content (AvgIpc) is 2.73. The summed E-state index contributed by atoms with van der Waals surface area (Å²) in [4.78, 5) is 26.4. The number of hydrogen-bond donors (Lipinski definition) is 0. The molecule has 0 fully saturated rings. The van der Waals surface area contributed by atoms with Crippen molar-refractivity contribution in [2.24, 2.45) is 0 Å². The monoisotopic (exact) mass is 240 g/mol. The van der Waals surface area contributed by atoms with Crippen LogP contribution in [-0.2, 0) is 4.79 Å². The first-order valence-corrected chi connectivity index (χ1v) is 5.95. The van der Waals surface area contributed by atoms with Crippen molar-refractivity contribution in [3.05, 3.63) is 16.3 Å². The lowest BCUT2D eigenvalue weighted by molar-refractivity contribution is -0.127. The fourth-order valence-corrected chi connectivity index (χ4v) is 1.98. The highest BCUT2D eigenvalue weighted by Gasteiger charge is 2.12. The molecule has 0 aliphatic carbocycles. The molecule has 1 heterocycles. The summed E-state index contributed by atoms with van der Waals surface area (Å²) in [5, 5.41) is 1.90. The van der Waals surface area contributed by atoms with Gasteiger partial charge in [-0.15, -0.1) is 11.3 Å². The molecule has 0 aliphatic heterocycles. The van der Waals surface area contributed by atoms with Crippen LogP contribution in [0.1, 0.15) is 16.6 Å². The summed E-state index contributed by atoms with van der Waals surface area (Å²) in [6, 6.07) is 1.81. The summed E-state index contributed by atoms with van der Waals surface area (Å²) < 4.78 is 0. The normalized spacial score (nSPS) is 9.94. The molecule has 0 aliphatic rings. The topological polar surface area (TPSA) is 40.6 Å². The molecule has 0 N–H and O–H groups in total. The molecule has 5 heteroatoms. The quantitative estimate of drug-likeness (QED) is 0.732. The summed E-state index contributed by atoms with van der Waals surface area (Å²) in [6.07, 6.45) is 0.829. The van der Waals surface area contributed by atoms with Crippen LogP contribution >= 0.6 is 11.3 Å². The molecule has 1 aromatic heterocycles. The Labute approximate surface area is 99.5 Å². The SMILES string of the molecule is CCN(CC(=O)N(C)C)c1csc(C=O)c1. The van der Waals surface area contributed by atoms with E-state index in [1.54, 1.807) is 19.0 Å². The Bertz CT molecular complexity index is 374. The van der Waals surface area contributed by atoms with E-state index in [9.17, 15) is 9.59 Å². The molecule has 0 unspecified atom stereocenters. The molecule has 0 saturated heterocycles. The van der Waals surface area contributed by atoms with Crippen molar-refractivity contribution >= 4 is 29.2 Å². The highest BCUT2D eigenvalue weighted by atomic mass is 32.1. The Kier molecular flexibility index (Phi) is 4.49. The van der Waals surface area contributed by atoms with Crippen LogP contribution in [0.5, 0.6) is 0 Å². The van der Waals surface area contributed by atoms with Crippen molar-refractivity contribution in [1.82, 2.24) is 4.90 Å². The zero-order valence-corrected chi connectivity index (χ0v) is 10.6. The van der Waals surface area contributed by atoms with Crippen LogP contribution in [0.25, 0.3) is 0 Å². The summed E-state index contributed by atoms with van der Waals surface area (Å²) in [6.45, 7) is 3.08. The van der Waals surface area contributed by atoms with Gasteiger partial charge in [-0.2, -0.15) is 0 Å². The summed E-state index contributed by atoms with van der Waals surface area (Å²) >= 11 is 1.39. The van der Waals surface area contributed by atoms with Gasteiger partial charge in [0.05, 0.1) is 11.4 Å². The number of thiophene rings is 1. The molecule has 88 valence electrons. The van der Waals surface area contributed by atoms with Crippen LogP contribution in [-0.4, -0.2) is 44.3 Å². The number of rotatable bonds is 5. The molecule has 1 amide bonds. The van der Waals surface area contributed by atoms with Gasteiger partial charge in [0, 0.05) is 31.7 Å². The molecule has 0 atom stereocenters. The standard InChI is InChI=1S/C11H16N2O2S/c1-4-13(6-11(15)12(2)3)9-5-10(7-14)16-8-9/h5,7-8H,4,6H2,1-3H3. The van der Waals surface area contributed by atoms with Gasteiger partial charge < -0.3 is 9.80 Å². The Morgan fingerprint density at radius 3 is 2.62 bits per heavy atom. The van der Waals surface area contributed by atoms with Crippen LogP contribution in [0, 0.1) is 0 Å². The second-order valence-electron chi connectivity index (χ2n) is 3.63. The maximum absolute atomic E-state index is 11.6. The van der Waals surface area contributed by atoms with Gasteiger partial charge in [0.2, 0.25) is 5.91 Å². The van der Waals surface area contributed by atoms with Gasteiger partial charge in [0.15, 0.2) is 6.29 Å². The fourth-order valence-electron chi connectivity index (χ4n) is 1.26. The molecule has 16 heavy (non-hydrogen) atoms. The lowest BCUT2D eigenvalue weighted by Gasteiger charge is -2.22. The maximum atomic E-state index is 11.6. The van der Waals surface area contributed by atoms with Crippen LogP contribution in [0.4, 0.5) is 5.69 Å². The average molecular weight is 240 g/mol. The highest BCUT2D eigenvalue weighted by molar-refractivity contribution is 7.12. The molecule has 0 radical (unpaired) electrons. The van der Waals surface area contributed by atoms with Crippen LogP contribution in [0.2, 0.25) is 0 Å². The minimum Gasteiger partial charge on any atom is -0.362 e. The van der Waals surface area contributed by atoms with Crippen molar-refractivity contribution in [3.8, 4) is 0 Å². The third-order valence-electron chi connectivity index (χ3n) is 2.29. The number of anilines is 1. The van der Waals surface area contributed by atoms with E-state index in [4.69, 9.17) is 0 Å². The first kappa shape index (κ1) is 12.7. The van der Waals surface area contributed by atoms with Crippen LogP contribution in [0.3, 0.4) is 0 Å².